The molecule has 1 atom stereocenters. The Bertz CT molecular complexity index is 639. The van der Waals surface area contributed by atoms with Gasteiger partial charge in [-0.2, -0.15) is 4.72 Å². The molecule has 2 rings (SSSR count). The van der Waals surface area contributed by atoms with Crippen molar-refractivity contribution in [3.63, 3.8) is 0 Å². The van der Waals surface area contributed by atoms with E-state index in [1.165, 1.54) is 6.07 Å². The van der Waals surface area contributed by atoms with E-state index in [-0.39, 0.29) is 4.21 Å². The van der Waals surface area contributed by atoms with Crippen LogP contribution in [0, 0.1) is 0 Å². The quantitative estimate of drug-likeness (QED) is 0.799. The highest BCUT2D eigenvalue weighted by Gasteiger charge is 2.42. The molecule has 1 fully saturated rings. The highest BCUT2D eigenvalue weighted by molar-refractivity contribution is 7.91. The number of hydrogen-bond acceptors (Lipinski definition) is 4. The molecular formula is C12H15F2NO4S2. The molecule has 0 amide bonds. The molecule has 0 bridgehead atoms. The number of alkyl halides is 2. The summed E-state index contributed by atoms with van der Waals surface area (Å²) in [6.07, 6.45) is -2.13. The molecule has 1 heterocycles. The second-order valence-electron chi connectivity index (χ2n) is 5.33. The van der Waals surface area contributed by atoms with Crippen LogP contribution in [0.5, 0.6) is 0 Å². The van der Waals surface area contributed by atoms with Gasteiger partial charge >= 0.3 is 5.97 Å². The topological polar surface area (TPSA) is 83.5 Å². The molecular weight excluding hydrogens is 324 g/mol. The first kappa shape index (κ1) is 16.3. The second kappa shape index (κ2) is 5.62. The summed E-state index contributed by atoms with van der Waals surface area (Å²) in [5.41, 5.74) is -2.34. The number of carbonyl (C=O) groups is 1. The molecule has 0 saturated heterocycles. The second-order valence-corrected chi connectivity index (χ2v) is 8.35. The minimum Gasteiger partial charge on any atom is -0.481 e. The van der Waals surface area contributed by atoms with Crippen LogP contribution in [-0.4, -0.2) is 31.5 Å². The molecule has 1 saturated carbocycles. The average molecular weight is 339 g/mol. The van der Waals surface area contributed by atoms with Crippen molar-refractivity contribution in [1.29, 1.82) is 0 Å². The fraction of sp³-hybridized carbons (Fsp3) is 0.583. The zero-order chi connectivity index (χ0) is 15.8. The fourth-order valence-corrected chi connectivity index (χ4v) is 4.78. The Balaban J connectivity index is 2.22. The van der Waals surface area contributed by atoms with Crippen molar-refractivity contribution in [3.8, 4) is 0 Å². The number of halogens is 2. The summed E-state index contributed by atoms with van der Waals surface area (Å²) in [7, 11) is -4.17. The summed E-state index contributed by atoms with van der Waals surface area (Å²) < 4.78 is 52.2. The van der Waals surface area contributed by atoms with Gasteiger partial charge in [0.1, 0.15) is 9.75 Å². The third kappa shape index (κ3) is 3.78. The van der Waals surface area contributed by atoms with Crippen molar-refractivity contribution in [2.24, 2.45) is 0 Å². The molecule has 1 aromatic rings. The number of rotatable bonds is 7. The average Bonchev–Trinajstić information content (AvgIpc) is 3.04. The number of aliphatic carboxylic acids is 1. The molecule has 118 valence electrons. The molecule has 0 aromatic carbocycles. The van der Waals surface area contributed by atoms with Crippen LogP contribution in [0.3, 0.4) is 0 Å². The van der Waals surface area contributed by atoms with Crippen LogP contribution in [-0.2, 0) is 14.8 Å². The van der Waals surface area contributed by atoms with Gasteiger partial charge < -0.3 is 5.11 Å². The number of sulfonamides is 1. The summed E-state index contributed by atoms with van der Waals surface area (Å²) >= 11 is 1.04. The lowest BCUT2D eigenvalue weighted by Gasteiger charge is -2.27. The van der Waals surface area contributed by atoms with Gasteiger partial charge in [0, 0.05) is 4.88 Å². The maximum absolute atomic E-state index is 13.0. The van der Waals surface area contributed by atoms with Crippen molar-refractivity contribution >= 4 is 27.3 Å². The van der Waals surface area contributed by atoms with Gasteiger partial charge in [-0.3, -0.25) is 4.79 Å². The van der Waals surface area contributed by atoms with E-state index in [9.17, 15) is 22.0 Å². The summed E-state index contributed by atoms with van der Waals surface area (Å²) in [6.45, 7) is 0.888. The summed E-state index contributed by atoms with van der Waals surface area (Å²) in [5.74, 6) is -1.13. The Hall–Kier alpha value is -1.06. The van der Waals surface area contributed by atoms with Crippen LogP contribution in [0.15, 0.2) is 16.3 Å². The van der Waals surface area contributed by atoms with Gasteiger partial charge in [0.2, 0.25) is 0 Å². The lowest BCUT2D eigenvalue weighted by Crippen LogP contribution is -2.52. The molecule has 2 N–H and O–H groups in total. The normalized spacial score (nSPS) is 18.7. The molecule has 1 aliphatic carbocycles. The monoisotopic (exact) mass is 339 g/mol. The van der Waals surface area contributed by atoms with E-state index in [4.69, 9.17) is 5.11 Å². The molecule has 0 spiro atoms. The summed E-state index contributed by atoms with van der Waals surface area (Å²) in [6, 6.07) is 3.04. The Morgan fingerprint density at radius 1 is 1.52 bits per heavy atom. The standard InChI is InChI=1S/C12H15F2NO4S2/c1-12(11(13)14,6-9(16)17)15-21(18,19)10-5-4-8(20-10)7-2-3-7/h4-5,7,11,15H,2-3,6H2,1H3,(H,16,17). The van der Waals surface area contributed by atoms with Crippen molar-refractivity contribution in [1.82, 2.24) is 4.72 Å². The molecule has 1 aliphatic rings. The summed E-state index contributed by atoms with van der Waals surface area (Å²) in [5, 5.41) is 8.69. The maximum Gasteiger partial charge on any atom is 0.305 e. The highest BCUT2D eigenvalue weighted by Crippen LogP contribution is 2.44. The maximum atomic E-state index is 13.0. The first-order valence-corrected chi connectivity index (χ1v) is 8.58. The first-order valence-electron chi connectivity index (χ1n) is 6.28. The minimum atomic E-state index is -4.17. The highest BCUT2D eigenvalue weighted by atomic mass is 32.2. The lowest BCUT2D eigenvalue weighted by molar-refractivity contribution is -0.140. The van der Waals surface area contributed by atoms with E-state index in [2.05, 4.69) is 0 Å². The smallest absolute Gasteiger partial charge is 0.305 e. The van der Waals surface area contributed by atoms with Gasteiger partial charge in [0.25, 0.3) is 16.4 Å². The Labute approximate surface area is 125 Å². The third-order valence-electron chi connectivity index (χ3n) is 3.21. The van der Waals surface area contributed by atoms with Gasteiger partial charge in [-0.05, 0) is 37.8 Å². The largest absolute Gasteiger partial charge is 0.481 e. The van der Waals surface area contributed by atoms with Crippen LogP contribution in [0.1, 0.15) is 37.0 Å². The Morgan fingerprint density at radius 2 is 2.14 bits per heavy atom. The molecule has 1 unspecified atom stereocenters. The minimum absolute atomic E-state index is 0.0679. The predicted molar refractivity (Wildman–Crippen MR) is 73.3 cm³/mol. The van der Waals surface area contributed by atoms with E-state index in [1.54, 1.807) is 6.07 Å². The molecule has 9 heteroatoms. The van der Waals surface area contributed by atoms with Gasteiger partial charge in [0.15, 0.2) is 0 Å². The SMILES string of the molecule is CC(CC(=O)O)(NS(=O)(=O)c1ccc(C2CC2)s1)C(F)F. The van der Waals surface area contributed by atoms with Gasteiger partial charge in [0.05, 0.1) is 6.42 Å². The zero-order valence-electron chi connectivity index (χ0n) is 11.2. The lowest BCUT2D eigenvalue weighted by atomic mass is 10.0. The van der Waals surface area contributed by atoms with E-state index in [0.717, 1.165) is 36.0 Å². The number of nitrogens with one attached hydrogen (secondary N) is 1. The van der Waals surface area contributed by atoms with Gasteiger partial charge in [-0.15, -0.1) is 11.3 Å². The molecule has 0 radical (unpaired) electrons. The van der Waals surface area contributed by atoms with E-state index < -0.39 is 34.4 Å². The Kier molecular flexibility index (Phi) is 4.36. The first-order chi connectivity index (χ1) is 9.64. The summed E-state index contributed by atoms with van der Waals surface area (Å²) in [4.78, 5) is 11.6. The van der Waals surface area contributed by atoms with Crippen LogP contribution in [0.2, 0.25) is 0 Å². The fourth-order valence-electron chi connectivity index (χ4n) is 1.90. The van der Waals surface area contributed by atoms with Crippen molar-refractivity contribution in [2.45, 2.75) is 48.3 Å². The number of hydrogen-bond donors (Lipinski definition) is 2. The van der Waals surface area contributed by atoms with E-state index in [0.29, 0.717) is 5.92 Å². The number of carboxylic acids is 1. The van der Waals surface area contributed by atoms with Crippen molar-refractivity contribution in [3.05, 3.63) is 17.0 Å². The van der Waals surface area contributed by atoms with Gasteiger partial charge in [-0.1, -0.05) is 0 Å². The van der Waals surface area contributed by atoms with Crippen LogP contribution < -0.4 is 4.72 Å². The molecule has 5 nitrogen and oxygen atoms in total. The number of carboxylic acid groups (broad SMARTS) is 1. The third-order valence-corrected chi connectivity index (χ3v) is 6.57. The van der Waals surface area contributed by atoms with E-state index >= 15 is 0 Å². The van der Waals surface area contributed by atoms with Crippen LogP contribution in [0.4, 0.5) is 8.78 Å². The molecule has 21 heavy (non-hydrogen) atoms. The van der Waals surface area contributed by atoms with Crippen molar-refractivity contribution < 1.29 is 27.1 Å². The van der Waals surface area contributed by atoms with Crippen LogP contribution in [0.25, 0.3) is 0 Å². The number of thiophene rings is 1. The Morgan fingerprint density at radius 3 is 2.62 bits per heavy atom. The molecule has 1 aromatic heterocycles. The van der Waals surface area contributed by atoms with Crippen LogP contribution >= 0.6 is 11.3 Å². The predicted octanol–water partition coefficient (Wildman–Crippen LogP) is 2.40. The van der Waals surface area contributed by atoms with Crippen molar-refractivity contribution in [2.75, 3.05) is 0 Å². The zero-order valence-corrected chi connectivity index (χ0v) is 12.8. The molecule has 0 aliphatic heterocycles. The van der Waals surface area contributed by atoms with Gasteiger partial charge in [-0.25, -0.2) is 17.2 Å². The van der Waals surface area contributed by atoms with E-state index in [1.807, 2.05) is 4.72 Å².